The summed E-state index contributed by atoms with van der Waals surface area (Å²) in [5, 5.41) is 0. The minimum Gasteiger partial charge on any atom is -0.372 e. The first kappa shape index (κ1) is 17.8. The van der Waals surface area contributed by atoms with Crippen molar-refractivity contribution in [3.63, 3.8) is 0 Å². The van der Waals surface area contributed by atoms with Gasteiger partial charge in [-0.15, -0.1) is 0 Å². The number of anilines is 1. The molecule has 1 aromatic carbocycles. The fraction of sp³-hybridized carbons (Fsp3) is 0.600. The Balaban J connectivity index is 1.78. The van der Waals surface area contributed by atoms with Crippen molar-refractivity contribution in [2.24, 2.45) is 5.92 Å². The number of hydrogen-bond acceptors (Lipinski definition) is 3. The average Bonchev–Trinajstić information content (AvgIpc) is 2.77. The topological polar surface area (TPSA) is 43.9 Å². The van der Waals surface area contributed by atoms with Crippen molar-refractivity contribution in [3.8, 4) is 0 Å². The highest BCUT2D eigenvalue weighted by atomic mass is 16.2. The van der Waals surface area contributed by atoms with Gasteiger partial charge in [0.05, 0.1) is 5.92 Å². The molecule has 5 heteroatoms. The molecular formula is C20H29N3O2. The first-order valence-corrected chi connectivity index (χ1v) is 9.38. The Hall–Kier alpha value is -2.04. The van der Waals surface area contributed by atoms with Crippen molar-refractivity contribution in [2.45, 2.75) is 45.7 Å². The first-order chi connectivity index (χ1) is 12.0. The number of rotatable bonds is 2. The zero-order valence-electron chi connectivity index (χ0n) is 15.6. The smallest absolute Gasteiger partial charge is 0.228 e. The summed E-state index contributed by atoms with van der Waals surface area (Å²) < 4.78 is 0. The molecule has 0 radical (unpaired) electrons. The molecule has 0 saturated carbocycles. The molecule has 1 aromatic rings. The number of para-hydroxylation sites is 1. The van der Waals surface area contributed by atoms with Crippen LogP contribution in [0.4, 0.5) is 5.69 Å². The van der Waals surface area contributed by atoms with Crippen LogP contribution in [-0.4, -0.2) is 54.3 Å². The van der Waals surface area contributed by atoms with Crippen LogP contribution in [0.15, 0.2) is 24.3 Å². The first-order valence-electron chi connectivity index (χ1n) is 9.38. The molecule has 5 nitrogen and oxygen atoms in total. The molecular weight excluding hydrogens is 314 g/mol. The van der Waals surface area contributed by atoms with E-state index in [1.54, 1.807) is 0 Å². The van der Waals surface area contributed by atoms with E-state index in [0.717, 1.165) is 25.9 Å². The lowest BCUT2D eigenvalue weighted by atomic mass is 9.95. The Morgan fingerprint density at radius 1 is 1.20 bits per heavy atom. The molecule has 2 aliphatic heterocycles. The summed E-state index contributed by atoms with van der Waals surface area (Å²) in [6.07, 6.45) is 2.31. The Kier molecular flexibility index (Phi) is 5.30. The van der Waals surface area contributed by atoms with Gasteiger partial charge in [0.1, 0.15) is 0 Å². The Labute approximate surface area is 150 Å². The van der Waals surface area contributed by atoms with Gasteiger partial charge < -0.3 is 14.7 Å². The van der Waals surface area contributed by atoms with E-state index in [1.807, 2.05) is 28.9 Å². The zero-order chi connectivity index (χ0) is 18.0. The minimum absolute atomic E-state index is 0.0673. The third kappa shape index (κ3) is 3.65. The van der Waals surface area contributed by atoms with Gasteiger partial charge in [-0.1, -0.05) is 25.1 Å². The van der Waals surface area contributed by atoms with Gasteiger partial charge in [0, 0.05) is 51.4 Å². The van der Waals surface area contributed by atoms with Crippen molar-refractivity contribution in [2.75, 3.05) is 31.6 Å². The van der Waals surface area contributed by atoms with Crippen LogP contribution in [-0.2, 0) is 16.1 Å². The quantitative estimate of drug-likeness (QED) is 0.829. The van der Waals surface area contributed by atoms with Crippen molar-refractivity contribution in [3.05, 3.63) is 29.8 Å². The monoisotopic (exact) mass is 343 g/mol. The normalized spacial score (nSPS) is 23.9. The third-order valence-corrected chi connectivity index (χ3v) is 5.52. The molecule has 0 unspecified atom stereocenters. The summed E-state index contributed by atoms with van der Waals surface area (Å²) in [5.74, 6) is 0.292. The van der Waals surface area contributed by atoms with Crippen molar-refractivity contribution in [1.82, 2.24) is 9.80 Å². The molecule has 2 aliphatic rings. The summed E-state index contributed by atoms with van der Waals surface area (Å²) >= 11 is 0. The van der Waals surface area contributed by atoms with Crippen molar-refractivity contribution >= 4 is 17.5 Å². The van der Waals surface area contributed by atoms with E-state index in [4.69, 9.17) is 0 Å². The van der Waals surface area contributed by atoms with E-state index in [0.29, 0.717) is 19.5 Å². The summed E-state index contributed by atoms with van der Waals surface area (Å²) in [7, 11) is 2.09. The summed E-state index contributed by atoms with van der Waals surface area (Å²) in [6.45, 7) is 6.85. The number of benzene rings is 1. The van der Waals surface area contributed by atoms with Gasteiger partial charge in [0.2, 0.25) is 11.8 Å². The van der Waals surface area contributed by atoms with E-state index >= 15 is 0 Å². The second kappa shape index (κ2) is 7.46. The molecule has 0 bridgehead atoms. The van der Waals surface area contributed by atoms with Gasteiger partial charge in [-0.3, -0.25) is 9.59 Å². The maximum absolute atomic E-state index is 13.3. The lowest BCUT2D eigenvalue weighted by molar-refractivity contribution is -0.142. The maximum atomic E-state index is 13.3. The lowest BCUT2D eigenvalue weighted by Crippen LogP contribution is -2.49. The van der Waals surface area contributed by atoms with Gasteiger partial charge in [0.25, 0.3) is 0 Å². The van der Waals surface area contributed by atoms with Gasteiger partial charge in [-0.25, -0.2) is 0 Å². The van der Waals surface area contributed by atoms with E-state index in [9.17, 15) is 9.59 Å². The number of carbonyl (C=O) groups is 2. The number of likely N-dealkylation sites (N-methyl/N-ethyl adjacent to an activating group) is 1. The maximum Gasteiger partial charge on any atom is 0.228 e. The molecule has 2 amide bonds. The molecule has 0 aromatic heterocycles. The van der Waals surface area contributed by atoms with Crippen LogP contribution in [0.25, 0.3) is 0 Å². The molecule has 25 heavy (non-hydrogen) atoms. The SMILES string of the molecule is CCC(=O)N1CCC[C@@H](C(=O)N2Cc3ccccc3N(C)C[C@H]2C)C1. The second-order valence-electron chi connectivity index (χ2n) is 7.36. The Morgan fingerprint density at radius 2 is 1.96 bits per heavy atom. The second-order valence-corrected chi connectivity index (χ2v) is 7.36. The molecule has 0 spiro atoms. The van der Waals surface area contributed by atoms with Gasteiger partial charge in [-0.2, -0.15) is 0 Å². The number of nitrogens with zero attached hydrogens (tertiary/aromatic N) is 3. The third-order valence-electron chi connectivity index (χ3n) is 5.52. The molecule has 3 rings (SSSR count). The van der Waals surface area contributed by atoms with Gasteiger partial charge in [0.15, 0.2) is 0 Å². The van der Waals surface area contributed by atoms with Crippen LogP contribution >= 0.6 is 0 Å². The molecule has 1 fully saturated rings. The van der Waals surface area contributed by atoms with E-state index in [1.165, 1.54) is 11.3 Å². The highest BCUT2D eigenvalue weighted by Gasteiger charge is 2.34. The standard InChI is InChI=1S/C20H29N3O2/c1-4-19(24)22-11-7-9-17(13-22)20(25)23-14-16-8-5-6-10-18(16)21(3)12-15(23)2/h5-6,8,10,15,17H,4,7,9,11-14H2,1-3H3/t15-,17-/m1/s1. The highest BCUT2D eigenvalue weighted by molar-refractivity contribution is 5.82. The highest BCUT2D eigenvalue weighted by Crippen LogP contribution is 2.28. The number of amides is 2. The van der Waals surface area contributed by atoms with Crippen molar-refractivity contribution in [1.29, 1.82) is 0 Å². The van der Waals surface area contributed by atoms with Crippen LogP contribution in [0.1, 0.15) is 38.7 Å². The van der Waals surface area contributed by atoms with E-state index in [-0.39, 0.29) is 23.8 Å². The predicted molar refractivity (Wildman–Crippen MR) is 99.3 cm³/mol. The van der Waals surface area contributed by atoms with Crippen LogP contribution < -0.4 is 4.90 Å². The van der Waals surface area contributed by atoms with Gasteiger partial charge in [-0.05, 0) is 31.4 Å². The Bertz CT molecular complexity index is 646. The largest absolute Gasteiger partial charge is 0.372 e. The van der Waals surface area contributed by atoms with E-state index in [2.05, 4.69) is 31.0 Å². The number of fused-ring (bicyclic) bond motifs is 1. The summed E-state index contributed by atoms with van der Waals surface area (Å²) in [5.41, 5.74) is 2.40. The fourth-order valence-corrected chi connectivity index (χ4v) is 4.11. The van der Waals surface area contributed by atoms with Crippen LogP contribution in [0.5, 0.6) is 0 Å². The molecule has 136 valence electrons. The van der Waals surface area contributed by atoms with Crippen LogP contribution in [0.3, 0.4) is 0 Å². The molecule has 2 atom stereocenters. The number of piperidine rings is 1. The summed E-state index contributed by atoms with van der Waals surface area (Å²) in [4.78, 5) is 31.4. The zero-order valence-corrected chi connectivity index (χ0v) is 15.6. The minimum atomic E-state index is -0.0673. The fourth-order valence-electron chi connectivity index (χ4n) is 4.11. The molecule has 0 N–H and O–H groups in total. The molecule has 1 saturated heterocycles. The van der Waals surface area contributed by atoms with Gasteiger partial charge >= 0.3 is 0 Å². The predicted octanol–water partition coefficient (Wildman–Crippen LogP) is 2.50. The number of hydrogen-bond donors (Lipinski definition) is 0. The Morgan fingerprint density at radius 3 is 2.72 bits per heavy atom. The van der Waals surface area contributed by atoms with Crippen LogP contribution in [0, 0.1) is 5.92 Å². The van der Waals surface area contributed by atoms with Crippen molar-refractivity contribution < 1.29 is 9.59 Å². The molecule has 2 heterocycles. The van der Waals surface area contributed by atoms with E-state index < -0.39 is 0 Å². The lowest BCUT2D eigenvalue weighted by Gasteiger charge is -2.36. The number of likely N-dealkylation sites (tertiary alicyclic amines) is 1. The van der Waals surface area contributed by atoms with Crippen LogP contribution in [0.2, 0.25) is 0 Å². The number of carbonyl (C=O) groups excluding carboxylic acids is 2. The average molecular weight is 343 g/mol. The summed E-state index contributed by atoms with van der Waals surface area (Å²) in [6, 6.07) is 8.47. The molecule has 0 aliphatic carbocycles.